The summed E-state index contributed by atoms with van der Waals surface area (Å²) >= 11 is 1.41. The SMILES string of the molecule is Cc1cccc2c(=O)[nH]c(CSc3nnc4n(Cc5ccccc5)c(=O)c5ccccc5n34)nc12. The molecule has 0 spiro atoms. The number of aryl methyl sites for hydroxylation is 1. The van der Waals surface area contributed by atoms with E-state index >= 15 is 0 Å². The minimum absolute atomic E-state index is 0.114. The molecule has 9 heteroatoms. The number of hydrogen-bond donors (Lipinski definition) is 1. The maximum atomic E-state index is 13.4. The number of para-hydroxylation sites is 2. The fourth-order valence-electron chi connectivity index (χ4n) is 4.29. The van der Waals surface area contributed by atoms with Crippen LogP contribution in [0.3, 0.4) is 0 Å². The van der Waals surface area contributed by atoms with Crippen LogP contribution in [-0.2, 0) is 12.3 Å². The standard InChI is InChI=1S/C26H20N6O2S/c1-16-8-7-12-19-22(16)27-21(28-23(19)33)15-35-26-30-29-25-31(14-17-9-3-2-4-10-17)24(34)18-11-5-6-13-20(18)32(25)26/h2-13H,14-15H2,1H3,(H,27,28,33). The number of thioether (sulfide) groups is 1. The number of H-pyrrole nitrogens is 1. The van der Waals surface area contributed by atoms with Gasteiger partial charge in [-0.15, -0.1) is 10.2 Å². The van der Waals surface area contributed by atoms with Crippen molar-refractivity contribution in [3.63, 3.8) is 0 Å². The van der Waals surface area contributed by atoms with Gasteiger partial charge in [-0.2, -0.15) is 0 Å². The highest BCUT2D eigenvalue weighted by molar-refractivity contribution is 7.98. The summed E-state index contributed by atoms with van der Waals surface area (Å²) < 4.78 is 3.54. The lowest BCUT2D eigenvalue weighted by Crippen LogP contribution is -2.24. The van der Waals surface area contributed by atoms with Gasteiger partial charge in [0.05, 0.1) is 34.1 Å². The molecule has 0 aliphatic heterocycles. The summed E-state index contributed by atoms with van der Waals surface area (Å²) in [5.41, 5.74) is 3.10. The van der Waals surface area contributed by atoms with E-state index in [1.54, 1.807) is 10.6 Å². The van der Waals surface area contributed by atoms with Crippen LogP contribution >= 0.6 is 11.8 Å². The van der Waals surface area contributed by atoms with Crippen molar-refractivity contribution in [3.8, 4) is 0 Å². The van der Waals surface area contributed by atoms with Gasteiger partial charge in [-0.25, -0.2) is 4.98 Å². The highest BCUT2D eigenvalue weighted by atomic mass is 32.2. The number of hydrogen-bond acceptors (Lipinski definition) is 6. The number of fused-ring (bicyclic) bond motifs is 4. The molecular formula is C26H20N6O2S. The van der Waals surface area contributed by atoms with Crippen LogP contribution in [0, 0.1) is 6.92 Å². The van der Waals surface area contributed by atoms with Crippen molar-refractivity contribution in [1.82, 2.24) is 29.1 Å². The molecule has 0 unspecified atom stereocenters. The van der Waals surface area contributed by atoms with Crippen molar-refractivity contribution in [2.24, 2.45) is 0 Å². The van der Waals surface area contributed by atoms with Crippen LogP contribution < -0.4 is 11.1 Å². The number of rotatable bonds is 5. The summed E-state index contributed by atoms with van der Waals surface area (Å²) in [6.45, 7) is 2.32. The molecule has 6 rings (SSSR count). The van der Waals surface area contributed by atoms with Gasteiger partial charge in [0.25, 0.3) is 11.1 Å². The van der Waals surface area contributed by atoms with Crippen LogP contribution in [-0.4, -0.2) is 29.1 Å². The molecule has 3 aromatic heterocycles. The topological polar surface area (TPSA) is 97.9 Å². The molecule has 6 aromatic rings. The van der Waals surface area contributed by atoms with Gasteiger partial charge in [0, 0.05) is 0 Å². The van der Waals surface area contributed by atoms with Gasteiger partial charge in [0.2, 0.25) is 5.78 Å². The monoisotopic (exact) mass is 480 g/mol. The van der Waals surface area contributed by atoms with Crippen molar-refractivity contribution >= 4 is 39.3 Å². The molecule has 0 saturated heterocycles. The normalized spacial score (nSPS) is 11.6. The Morgan fingerprint density at radius 3 is 2.51 bits per heavy atom. The number of aromatic amines is 1. The lowest BCUT2D eigenvalue weighted by Gasteiger charge is -2.11. The lowest BCUT2D eigenvalue weighted by molar-refractivity contribution is 0.764. The van der Waals surface area contributed by atoms with E-state index in [4.69, 9.17) is 0 Å². The average molecular weight is 481 g/mol. The maximum Gasteiger partial charge on any atom is 0.263 e. The predicted molar refractivity (Wildman–Crippen MR) is 137 cm³/mol. The smallest absolute Gasteiger partial charge is 0.263 e. The van der Waals surface area contributed by atoms with Crippen molar-refractivity contribution in [2.45, 2.75) is 24.4 Å². The van der Waals surface area contributed by atoms with Gasteiger partial charge >= 0.3 is 0 Å². The van der Waals surface area contributed by atoms with E-state index in [0.29, 0.717) is 45.3 Å². The first-order valence-electron chi connectivity index (χ1n) is 11.1. The van der Waals surface area contributed by atoms with E-state index in [1.165, 1.54) is 11.8 Å². The van der Waals surface area contributed by atoms with Crippen LogP contribution in [0.25, 0.3) is 27.6 Å². The van der Waals surface area contributed by atoms with Gasteiger partial charge in [-0.05, 0) is 36.2 Å². The van der Waals surface area contributed by atoms with E-state index in [0.717, 1.165) is 16.6 Å². The molecule has 8 nitrogen and oxygen atoms in total. The molecule has 0 saturated carbocycles. The highest BCUT2D eigenvalue weighted by Crippen LogP contribution is 2.24. The first-order valence-corrected chi connectivity index (χ1v) is 12.1. The Kier molecular flexibility index (Phi) is 5.18. The zero-order chi connectivity index (χ0) is 23.9. The van der Waals surface area contributed by atoms with Gasteiger partial charge in [0.1, 0.15) is 5.82 Å². The lowest BCUT2D eigenvalue weighted by atomic mass is 10.1. The van der Waals surface area contributed by atoms with Gasteiger partial charge in [-0.1, -0.05) is 66.4 Å². The number of nitrogens with zero attached hydrogens (tertiary/aromatic N) is 5. The van der Waals surface area contributed by atoms with Gasteiger partial charge in [0.15, 0.2) is 5.16 Å². The largest absolute Gasteiger partial charge is 0.309 e. The number of nitrogens with one attached hydrogen (secondary N) is 1. The molecular weight excluding hydrogens is 460 g/mol. The quantitative estimate of drug-likeness (QED) is 0.376. The molecule has 0 fully saturated rings. The molecule has 3 aromatic carbocycles. The first kappa shape index (κ1) is 21.3. The van der Waals surface area contributed by atoms with Gasteiger partial charge < -0.3 is 4.98 Å². The van der Waals surface area contributed by atoms with Crippen LogP contribution in [0.2, 0.25) is 0 Å². The summed E-state index contributed by atoms with van der Waals surface area (Å²) in [4.78, 5) is 33.5. The van der Waals surface area contributed by atoms with E-state index in [-0.39, 0.29) is 11.1 Å². The minimum Gasteiger partial charge on any atom is -0.309 e. The molecule has 1 N–H and O–H groups in total. The molecule has 0 amide bonds. The molecule has 3 heterocycles. The van der Waals surface area contributed by atoms with E-state index < -0.39 is 0 Å². The van der Waals surface area contributed by atoms with Crippen LogP contribution in [0.15, 0.2) is 87.5 Å². The molecule has 0 radical (unpaired) electrons. The highest BCUT2D eigenvalue weighted by Gasteiger charge is 2.17. The summed E-state index contributed by atoms with van der Waals surface area (Å²) in [5, 5.41) is 10.6. The van der Waals surface area contributed by atoms with Gasteiger partial charge in [-0.3, -0.25) is 18.6 Å². The minimum atomic E-state index is -0.164. The summed E-state index contributed by atoms with van der Waals surface area (Å²) in [5.74, 6) is 1.42. The van der Waals surface area contributed by atoms with Crippen LogP contribution in [0.4, 0.5) is 0 Å². The second-order valence-corrected chi connectivity index (χ2v) is 9.23. The first-order chi connectivity index (χ1) is 17.1. The fourth-order valence-corrected chi connectivity index (χ4v) is 5.10. The predicted octanol–water partition coefficient (Wildman–Crippen LogP) is 3.93. The van der Waals surface area contributed by atoms with Crippen molar-refractivity contribution in [2.75, 3.05) is 0 Å². The summed E-state index contributed by atoms with van der Waals surface area (Å²) in [6, 6.07) is 22.8. The Bertz CT molecular complexity index is 1840. The Morgan fingerprint density at radius 2 is 1.66 bits per heavy atom. The van der Waals surface area contributed by atoms with Crippen molar-refractivity contribution < 1.29 is 0 Å². The third-order valence-corrected chi connectivity index (χ3v) is 6.93. The number of benzene rings is 3. The number of aromatic nitrogens is 6. The maximum absolute atomic E-state index is 13.4. The van der Waals surface area contributed by atoms with Crippen molar-refractivity contribution in [1.29, 1.82) is 0 Å². The van der Waals surface area contributed by atoms with E-state index in [9.17, 15) is 9.59 Å². The summed E-state index contributed by atoms with van der Waals surface area (Å²) in [6.07, 6.45) is 0. The molecule has 0 bridgehead atoms. The zero-order valence-electron chi connectivity index (χ0n) is 18.8. The Balaban J connectivity index is 1.45. The van der Waals surface area contributed by atoms with Crippen LogP contribution in [0.5, 0.6) is 0 Å². The molecule has 0 atom stereocenters. The second-order valence-electron chi connectivity index (χ2n) is 8.28. The third-order valence-electron chi connectivity index (χ3n) is 5.99. The van der Waals surface area contributed by atoms with Crippen molar-refractivity contribution in [3.05, 3.63) is 110 Å². The Labute approximate surface area is 203 Å². The van der Waals surface area contributed by atoms with Crippen LogP contribution in [0.1, 0.15) is 17.0 Å². The average Bonchev–Trinajstić information content (AvgIpc) is 3.31. The second kappa shape index (κ2) is 8.52. The molecule has 172 valence electrons. The third kappa shape index (κ3) is 3.70. The molecule has 0 aliphatic rings. The fraction of sp³-hybridized carbons (Fsp3) is 0.115. The zero-order valence-corrected chi connectivity index (χ0v) is 19.6. The van der Waals surface area contributed by atoms with E-state index in [2.05, 4.69) is 20.2 Å². The Morgan fingerprint density at radius 1 is 0.886 bits per heavy atom. The Hall–Kier alpha value is -4.24. The van der Waals surface area contributed by atoms with E-state index in [1.807, 2.05) is 78.1 Å². The molecule has 0 aliphatic carbocycles. The summed E-state index contributed by atoms with van der Waals surface area (Å²) in [7, 11) is 0. The molecule has 35 heavy (non-hydrogen) atoms.